The first-order chi connectivity index (χ1) is 16.9. The number of hydrogen-bond donors (Lipinski definition) is 1. The molecule has 3 aromatic rings. The number of nitrogens with one attached hydrogen (secondary N) is 1. The van der Waals surface area contributed by atoms with E-state index in [-0.39, 0.29) is 23.1 Å². The van der Waals surface area contributed by atoms with Gasteiger partial charge in [0.15, 0.2) is 0 Å². The summed E-state index contributed by atoms with van der Waals surface area (Å²) in [6.07, 6.45) is 10.6. The molecule has 2 saturated carbocycles. The third kappa shape index (κ3) is 3.64. The second-order valence-corrected chi connectivity index (χ2v) is 10.5. The van der Waals surface area contributed by atoms with Gasteiger partial charge in [-0.25, -0.2) is 9.67 Å². The van der Waals surface area contributed by atoms with Crippen LogP contribution >= 0.6 is 0 Å². The number of pyridine rings is 1. The summed E-state index contributed by atoms with van der Waals surface area (Å²) in [4.78, 5) is 31.9. The van der Waals surface area contributed by atoms with E-state index in [0.717, 1.165) is 54.3 Å². The molecule has 0 spiro atoms. The van der Waals surface area contributed by atoms with E-state index < -0.39 is 0 Å². The maximum Gasteiger partial charge on any atom is 0.290 e. The number of nitrogens with zero attached hydrogens (tertiary/aromatic N) is 5. The molecule has 2 aliphatic carbocycles. The molecule has 0 aromatic carbocycles. The van der Waals surface area contributed by atoms with Crippen LogP contribution in [0.2, 0.25) is 0 Å². The molecule has 0 unspecified atom stereocenters. The molecule has 1 aliphatic heterocycles. The average molecular weight is 477 g/mol. The summed E-state index contributed by atoms with van der Waals surface area (Å²) in [5.41, 5.74) is 3.14. The van der Waals surface area contributed by atoms with Gasteiger partial charge < -0.3 is 19.5 Å². The van der Waals surface area contributed by atoms with Crippen molar-refractivity contribution in [2.75, 3.05) is 30.4 Å². The van der Waals surface area contributed by atoms with Gasteiger partial charge in [-0.15, -0.1) is 0 Å². The Morgan fingerprint density at radius 3 is 2.57 bits per heavy atom. The van der Waals surface area contributed by atoms with Gasteiger partial charge in [0.05, 0.1) is 29.1 Å². The lowest BCUT2D eigenvalue weighted by molar-refractivity contribution is -0.114. The normalized spacial score (nSPS) is 19.8. The van der Waals surface area contributed by atoms with Crippen molar-refractivity contribution in [2.45, 2.75) is 70.1 Å². The molecule has 3 fully saturated rings. The first-order valence-electron chi connectivity index (χ1n) is 12.6. The minimum atomic E-state index is -0.261. The van der Waals surface area contributed by atoms with Crippen LogP contribution in [0.5, 0.6) is 0 Å². The molecule has 0 radical (unpaired) electrons. The summed E-state index contributed by atoms with van der Waals surface area (Å²) in [5.74, 6) is 0.358. The Kier molecular flexibility index (Phi) is 5.21. The number of aromatic nitrogens is 4. The number of ether oxygens (including phenoxy) is 1. The highest BCUT2D eigenvalue weighted by atomic mass is 16.5. The van der Waals surface area contributed by atoms with Crippen molar-refractivity contribution >= 4 is 28.3 Å². The molecule has 6 rings (SSSR count). The lowest BCUT2D eigenvalue weighted by Gasteiger charge is -2.42. The summed E-state index contributed by atoms with van der Waals surface area (Å²) in [5, 5.41) is 8.75. The van der Waals surface area contributed by atoms with E-state index in [1.54, 1.807) is 11.8 Å². The zero-order chi connectivity index (χ0) is 24.3. The summed E-state index contributed by atoms with van der Waals surface area (Å²) in [6, 6.07) is 4.30. The van der Waals surface area contributed by atoms with E-state index in [9.17, 15) is 9.59 Å². The predicted molar refractivity (Wildman–Crippen MR) is 135 cm³/mol. The number of methoxy groups -OCH3 is 1. The Bertz CT molecular complexity index is 1360. The molecule has 0 bridgehead atoms. The first-order valence-corrected chi connectivity index (χ1v) is 12.6. The largest absolute Gasteiger partial charge is 0.378 e. The van der Waals surface area contributed by atoms with Gasteiger partial charge in [0.2, 0.25) is 5.91 Å². The molecule has 9 nitrogen and oxygen atoms in total. The van der Waals surface area contributed by atoms with Crippen LogP contribution in [0.3, 0.4) is 0 Å². The van der Waals surface area contributed by atoms with E-state index in [0.29, 0.717) is 30.6 Å². The van der Waals surface area contributed by atoms with E-state index in [1.807, 2.05) is 18.3 Å². The van der Waals surface area contributed by atoms with Gasteiger partial charge in [-0.05, 0) is 57.6 Å². The van der Waals surface area contributed by atoms with Crippen molar-refractivity contribution in [3.8, 4) is 11.3 Å². The monoisotopic (exact) mass is 476 g/mol. The third-order valence-corrected chi connectivity index (χ3v) is 8.12. The molecular formula is C26H32N6O3. The van der Waals surface area contributed by atoms with Gasteiger partial charge in [-0.2, -0.15) is 5.10 Å². The van der Waals surface area contributed by atoms with Gasteiger partial charge in [-0.3, -0.25) is 9.59 Å². The summed E-state index contributed by atoms with van der Waals surface area (Å²) >= 11 is 0. The fraction of sp³-hybridized carbons (Fsp3) is 0.538. The Balaban J connectivity index is 1.53. The molecule has 1 N–H and O–H groups in total. The van der Waals surface area contributed by atoms with Gasteiger partial charge >= 0.3 is 0 Å². The summed E-state index contributed by atoms with van der Waals surface area (Å²) in [7, 11) is 1.71. The fourth-order valence-corrected chi connectivity index (χ4v) is 5.46. The van der Waals surface area contributed by atoms with E-state index in [2.05, 4.69) is 32.9 Å². The highest BCUT2D eigenvalue weighted by Crippen LogP contribution is 2.41. The summed E-state index contributed by atoms with van der Waals surface area (Å²) in [6.45, 7) is 5.01. The molecule has 1 amide bonds. The molecular weight excluding hydrogens is 444 g/mol. The molecule has 4 heterocycles. The quantitative estimate of drug-likeness (QED) is 0.583. The summed E-state index contributed by atoms with van der Waals surface area (Å²) < 4.78 is 9.49. The van der Waals surface area contributed by atoms with Gasteiger partial charge in [0.25, 0.3) is 5.56 Å². The number of carbonyl (C=O) groups is 1. The number of fused-ring (bicyclic) bond motifs is 1. The number of anilines is 2. The zero-order valence-corrected chi connectivity index (χ0v) is 20.6. The van der Waals surface area contributed by atoms with Crippen LogP contribution in [0.4, 0.5) is 11.5 Å². The van der Waals surface area contributed by atoms with Crippen molar-refractivity contribution < 1.29 is 9.53 Å². The van der Waals surface area contributed by atoms with Crippen LogP contribution in [0.25, 0.3) is 22.2 Å². The van der Waals surface area contributed by atoms with E-state index in [1.165, 1.54) is 13.3 Å². The second-order valence-electron chi connectivity index (χ2n) is 10.5. The third-order valence-electron chi connectivity index (χ3n) is 8.12. The zero-order valence-electron chi connectivity index (χ0n) is 20.6. The fourth-order valence-electron chi connectivity index (χ4n) is 5.46. The maximum absolute atomic E-state index is 13.6. The van der Waals surface area contributed by atoms with Crippen molar-refractivity contribution in [1.29, 1.82) is 0 Å². The Hall–Kier alpha value is -3.20. The van der Waals surface area contributed by atoms with Crippen molar-refractivity contribution in [3.05, 3.63) is 34.9 Å². The molecule has 3 aliphatic rings. The van der Waals surface area contributed by atoms with Gasteiger partial charge in [0, 0.05) is 50.3 Å². The molecule has 1 saturated heterocycles. The topological polar surface area (TPSA) is 94.3 Å². The van der Waals surface area contributed by atoms with Crippen molar-refractivity contribution in [2.24, 2.45) is 0 Å². The minimum absolute atomic E-state index is 0.0335. The molecule has 35 heavy (non-hydrogen) atoms. The molecule has 0 atom stereocenters. The van der Waals surface area contributed by atoms with E-state index >= 15 is 0 Å². The highest BCUT2D eigenvalue weighted by molar-refractivity contribution is 5.98. The van der Waals surface area contributed by atoms with Crippen molar-refractivity contribution in [1.82, 2.24) is 19.3 Å². The Morgan fingerprint density at radius 1 is 1.20 bits per heavy atom. The van der Waals surface area contributed by atoms with Gasteiger partial charge in [-0.1, -0.05) is 0 Å². The first kappa shape index (κ1) is 22.3. The number of carbonyl (C=O) groups excluding carboxylic acids is 1. The predicted octanol–water partition coefficient (Wildman–Crippen LogP) is 3.68. The number of amides is 1. The average Bonchev–Trinajstić information content (AvgIpc) is 3.09. The van der Waals surface area contributed by atoms with Crippen LogP contribution in [0, 0.1) is 0 Å². The molecule has 3 aromatic heterocycles. The lowest BCUT2D eigenvalue weighted by atomic mass is 9.78. The maximum atomic E-state index is 13.6. The number of hydrogen-bond acceptors (Lipinski definition) is 6. The van der Waals surface area contributed by atoms with E-state index in [4.69, 9.17) is 9.84 Å². The minimum Gasteiger partial charge on any atom is -0.378 e. The molecule has 9 heteroatoms. The van der Waals surface area contributed by atoms with Crippen LogP contribution < -0.4 is 15.8 Å². The SMILES string of the molecule is COC1CN(c2cc(-c3cn(C4CCC4)c4cnc(NC(C)=O)cc34)nn(C3(C)CCC3)c2=O)C1. The Labute approximate surface area is 204 Å². The smallest absolute Gasteiger partial charge is 0.290 e. The lowest BCUT2D eigenvalue weighted by Crippen LogP contribution is -2.55. The van der Waals surface area contributed by atoms with Crippen LogP contribution in [-0.2, 0) is 15.1 Å². The second kappa shape index (κ2) is 8.19. The van der Waals surface area contributed by atoms with Crippen LogP contribution in [0.15, 0.2) is 29.3 Å². The Morgan fingerprint density at radius 2 is 1.97 bits per heavy atom. The highest BCUT2D eigenvalue weighted by Gasteiger charge is 2.38. The molecule has 184 valence electrons. The van der Waals surface area contributed by atoms with Crippen LogP contribution in [0.1, 0.15) is 58.4 Å². The number of rotatable bonds is 6. The van der Waals surface area contributed by atoms with Crippen LogP contribution in [-0.4, -0.2) is 51.5 Å². The standard InChI is InChI=1S/C26H32N6O3/c1-16(33)28-24-10-19-20(15-31(17-6-4-7-17)23(19)12-27-24)21-11-22(30-13-18(14-30)35-3)25(34)32(29-21)26(2)8-5-9-26/h10-12,15,17-18H,4-9,13-14H2,1-3H3,(H,27,28,33). The van der Waals surface area contributed by atoms with Gasteiger partial charge in [0.1, 0.15) is 11.5 Å². The van der Waals surface area contributed by atoms with Crippen molar-refractivity contribution in [3.63, 3.8) is 0 Å².